The molecule has 0 saturated heterocycles. The number of nitrogens with one attached hydrogen (secondary N) is 1. The Morgan fingerprint density at radius 3 is 2.65 bits per heavy atom. The Balaban J connectivity index is 1.63. The minimum absolute atomic E-state index is 0.0264. The lowest BCUT2D eigenvalue weighted by atomic mass is 9.71. The number of sulfonamides is 1. The van der Waals surface area contributed by atoms with Crippen molar-refractivity contribution in [3.05, 3.63) is 23.3 Å². The van der Waals surface area contributed by atoms with Crippen LogP contribution in [-0.2, 0) is 27.7 Å². The number of benzene rings is 1. The first-order chi connectivity index (χ1) is 12.1. The Kier molecular flexibility index (Phi) is 4.19. The smallest absolute Gasteiger partial charge is 0.240 e. The monoisotopic (exact) mass is 376 g/mol. The summed E-state index contributed by atoms with van der Waals surface area (Å²) in [6.45, 7) is 7.37. The number of carbonyl (C=O) groups excluding carboxylic acids is 1. The minimum Gasteiger partial charge on any atom is -0.312 e. The summed E-state index contributed by atoms with van der Waals surface area (Å²) in [5.41, 5.74) is 2.98. The van der Waals surface area contributed by atoms with Crippen LogP contribution in [0, 0.1) is 11.3 Å². The number of aryl methyl sites for hydroxylation is 1. The van der Waals surface area contributed by atoms with Crippen LogP contribution in [0.15, 0.2) is 17.0 Å². The van der Waals surface area contributed by atoms with E-state index in [-0.39, 0.29) is 17.4 Å². The van der Waals surface area contributed by atoms with Crippen LogP contribution >= 0.6 is 0 Å². The normalized spacial score (nSPS) is 27.5. The van der Waals surface area contributed by atoms with Gasteiger partial charge >= 0.3 is 0 Å². The maximum absolute atomic E-state index is 13.1. The van der Waals surface area contributed by atoms with Crippen molar-refractivity contribution in [1.29, 1.82) is 0 Å². The fraction of sp³-hybridized carbons (Fsp3) is 0.650. The molecular formula is C20H28N2O3S. The third-order valence-corrected chi connectivity index (χ3v) is 7.50. The maximum Gasteiger partial charge on any atom is 0.240 e. The van der Waals surface area contributed by atoms with Crippen LogP contribution in [-0.4, -0.2) is 26.9 Å². The molecule has 2 aliphatic heterocycles. The standard InChI is InChI=1S/C20H28N2O3S/c1-13-7-16(12-20(2,3)11-13)21-26(24,25)17-8-14-5-4-6-22-18(23)10-15(9-17)19(14)22/h8-9,13,16,21H,4-7,10-12H2,1-3H3/t13-,16+/m0/s1. The number of hydrogen-bond donors (Lipinski definition) is 1. The molecule has 3 aliphatic rings. The fourth-order valence-corrected chi connectivity index (χ4v) is 6.67. The summed E-state index contributed by atoms with van der Waals surface area (Å²) in [6, 6.07) is 3.46. The molecule has 1 aromatic rings. The molecule has 2 atom stereocenters. The first kappa shape index (κ1) is 18.0. The fourth-order valence-electron chi connectivity index (χ4n) is 5.33. The number of anilines is 1. The lowest BCUT2D eigenvalue weighted by molar-refractivity contribution is -0.117. The number of carbonyl (C=O) groups is 1. The van der Waals surface area contributed by atoms with Crippen LogP contribution in [0.1, 0.15) is 57.6 Å². The van der Waals surface area contributed by atoms with Gasteiger partial charge in [0.2, 0.25) is 15.9 Å². The van der Waals surface area contributed by atoms with Gasteiger partial charge in [0.1, 0.15) is 0 Å². The van der Waals surface area contributed by atoms with Gasteiger partial charge in [-0.1, -0.05) is 20.8 Å². The van der Waals surface area contributed by atoms with Crippen molar-refractivity contribution in [2.45, 2.75) is 70.2 Å². The molecule has 26 heavy (non-hydrogen) atoms. The molecule has 5 nitrogen and oxygen atoms in total. The Hall–Kier alpha value is -1.40. The molecule has 0 spiro atoms. The highest BCUT2D eigenvalue weighted by Gasteiger charge is 2.36. The molecule has 1 N–H and O–H groups in total. The average molecular weight is 377 g/mol. The van der Waals surface area contributed by atoms with E-state index < -0.39 is 10.0 Å². The third kappa shape index (κ3) is 3.18. The molecule has 142 valence electrons. The van der Waals surface area contributed by atoms with Gasteiger partial charge in [0.25, 0.3) is 0 Å². The van der Waals surface area contributed by atoms with Crippen LogP contribution in [0.5, 0.6) is 0 Å². The van der Waals surface area contributed by atoms with Gasteiger partial charge in [-0.25, -0.2) is 13.1 Å². The van der Waals surface area contributed by atoms with E-state index in [1.54, 1.807) is 12.1 Å². The van der Waals surface area contributed by atoms with E-state index in [0.717, 1.165) is 55.5 Å². The van der Waals surface area contributed by atoms with Crippen molar-refractivity contribution in [3.63, 3.8) is 0 Å². The van der Waals surface area contributed by atoms with Crippen LogP contribution < -0.4 is 9.62 Å². The van der Waals surface area contributed by atoms with Crippen molar-refractivity contribution in [2.75, 3.05) is 11.4 Å². The van der Waals surface area contributed by atoms with Crippen LogP contribution in [0.25, 0.3) is 0 Å². The highest BCUT2D eigenvalue weighted by molar-refractivity contribution is 7.89. The Labute approximate surface area is 156 Å². The summed E-state index contributed by atoms with van der Waals surface area (Å²) >= 11 is 0. The van der Waals surface area contributed by atoms with Gasteiger partial charge in [0.15, 0.2) is 0 Å². The zero-order valence-corrected chi connectivity index (χ0v) is 16.7. The largest absolute Gasteiger partial charge is 0.312 e. The molecule has 2 heterocycles. The number of nitrogens with zero attached hydrogens (tertiary/aromatic N) is 1. The van der Waals surface area contributed by atoms with E-state index in [9.17, 15) is 13.2 Å². The third-order valence-electron chi connectivity index (χ3n) is 6.00. The Morgan fingerprint density at radius 1 is 1.19 bits per heavy atom. The second-order valence-electron chi connectivity index (χ2n) is 9.15. The highest BCUT2D eigenvalue weighted by Crippen LogP contribution is 2.40. The first-order valence-corrected chi connectivity index (χ1v) is 11.1. The van der Waals surface area contributed by atoms with Crippen molar-refractivity contribution >= 4 is 21.6 Å². The topological polar surface area (TPSA) is 66.5 Å². The average Bonchev–Trinajstić information content (AvgIpc) is 2.82. The summed E-state index contributed by atoms with van der Waals surface area (Å²) in [6.07, 6.45) is 4.92. The van der Waals surface area contributed by atoms with E-state index in [1.807, 2.05) is 4.90 Å². The van der Waals surface area contributed by atoms with Gasteiger partial charge < -0.3 is 4.90 Å². The second-order valence-corrected chi connectivity index (χ2v) is 10.9. The molecule has 0 bridgehead atoms. The molecule has 1 aromatic carbocycles. The van der Waals surface area contributed by atoms with Gasteiger partial charge in [-0.05, 0) is 66.7 Å². The molecule has 0 aromatic heterocycles. The zero-order chi connectivity index (χ0) is 18.7. The van der Waals surface area contributed by atoms with Gasteiger partial charge in [-0.15, -0.1) is 0 Å². The van der Waals surface area contributed by atoms with Gasteiger partial charge in [0.05, 0.1) is 17.0 Å². The Morgan fingerprint density at radius 2 is 1.92 bits per heavy atom. The summed E-state index contributed by atoms with van der Waals surface area (Å²) in [4.78, 5) is 14.3. The van der Waals surface area contributed by atoms with Crippen LogP contribution in [0.4, 0.5) is 5.69 Å². The predicted octanol–water partition coefficient (Wildman–Crippen LogP) is 3.02. The molecule has 1 aliphatic carbocycles. The van der Waals surface area contributed by atoms with Gasteiger partial charge in [0, 0.05) is 12.6 Å². The van der Waals surface area contributed by atoms with Crippen LogP contribution in [0.2, 0.25) is 0 Å². The quantitative estimate of drug-likeness (QED) is 0.882. The lowest BCUT2D eigenvalue weighted by Gasteiger charge is -2.39. The number of hydrogen-bond acceptors (Lipinski definition) is 3. The molecular weight excluding hydrogens is 348 g/mol. The molecule has 6 heteroatoms. The van der Waals surface area contributed by atoms with E-state index in [0.29, 0.717) is 17.2 Å². The minimum atomic E-state index is -3.58. The van der Waals surface area contributed by atoms with Gasteiger partial charge in [-0.2, -0.15) is 0 Å². The predicted molar refractivity (Wildman–Crippen MR) is 102 cm³/mol. The molecule has 1 saturated carbocycles. The molecule has 0 radical (unpaired) electrons. The van der Waals surface area contributed by atoms with E-state index in [4.69, 9.17) is 0 Å². The first-order valence-electron chi connectivity index (χ1n) is 9.63. The van der Waals surface area contributed by atoms with Crippen molar-refractivity contribution in [1.82, 2.24) is 4.72 Å². The Bertz CT molecular complexity index is 860. The second kappa shape index (κ2) is 6.06. The van der Waals surface area contributed by atoms with Crippen LogP contribution in [0.3, 0.4) is 0 Å². The summed E-state index contributed by atoms with van der Waals surface area (Å²) in [7, 11) is -3.58. The highest BCUT2D eigenvalue weighted by atomic mass is 32.2. The van der Waals surface area contributed by atoms with E-state index in [2.05, 4.69) is 25.5 Å². The number of rotatable bonds is 3. The van der Waals surface area contributed by atoms with E-state index in [1.165, 1.54) is 0 Å². The van der Waals surface area contributed by atoms with Crippen molar-refractivity contribution in [2.24, 2.45) is 11.3 Å². The zero-order valence-electron chi connectivity index (χ0n) is 15.8. The summed E-state index contributed by atoms with van der Waals surface area (Å²) in [5, 5.41) is 0. The van der Waals surface area contributed by atoms with E-state index >= 15 is 0 Å². The molecule has 4 rings (SSSR count). The maximum atomic E-state index is 13.1. The van der Waals surface area contributed by atoms with Crippen molar-refractivity contribution < 1.29 is 13.2 Å². The van der Waals surface area contributed by atoms with Crippen molar-refractivity contribution in [3.8, 4) is 0 Å². The molecule has 1 fully saturated rings. The SMILES string of the molecule is C[C@H]1C[C@@H](NS(=O)(=O)c2cc3c4c(c2)CC(=O)N4CCC3)CC(C)(C)C1. The summed E-state index contributed by atoms with van der Waals surface area (Å²) < 4.78 is 29.1. The molecule has 1 amide bonds. The number of amides is 1. The molecule has 0 unspecified atom stereocenters. The lowest BCUT2D eigenvalue weighted by Crippen LogP contribution is -2.42. The summed E-state index contributed by atoms with van der Waals surface area (Å²) in [5.74, 6) is 0.602. The van der Waals surface area contributed by atoms with Gasteiger partial charge in [-0.3, -0.25) is 4.79 Å².